The number of hydrogen-bond donors (Lipinski definition) is 0. The van der Waals surface area contributed by atoms with Crippen LogP contribution in [0.4, 0.5) is 0 Å². The topological polar surface area (TPSA) is 43.1 Å². The van der Waals surface area contributed by atoms with Gasteiger partial charge in [0.05, 0.1) is 13.0 Å². The van der Waals surface area contributed by atoms with Crippen LogP contribution in [0.2, 0.25) is 19.6 Å². The van der Waals surface area contributed by atoms with E-state index in [9.17, 15) is 10.1 Å². The molecular formula is C14H19NO2Si. The smallest absolute Gasteiger partial charge is 0.258 e. The minimum Gasteiger partial charge on any atom is -0.258 e. The highest BCUT2D eigenvalue weighted by atomic mass is 28.3. The Kier molecular flexibility index (Phi) is 5.04. The van der Waals surface area contributed by atoms with Crippen LogP contribution in [0.25, 0.3) is 0 Å². The van der Waals surface area contributed by atoms with Crippen LogP contribution >= 0.6 is 0 Å². The van der Waals surface area contributed by atoms with Crippen molar-refractivity contribution in [2.24, 2.45) is 0 Å². The molecule has 0 amide bonds. The summed E-state index contributed by atoms with van der Waals surface area (Å²) in [5.74, 6) is 0. The molecule has 0 heterocycles. The molecule has 0 radical (unpaired) electrons. The quantitative estimate of drug-likeness (QED) is 0.428. The van der Waals surface area contributed by atoms with E-state index in [2.05, 4.69) is 25.7 Å². The van der Waals surface area contributed by atoms with E-state index in [4.69, 9.17) is 0 Å². The lowest BCUT2D eigenvalue weighted by Gasteiger charge is -2.19. The summed E-state index contributed by atoms with van der Waals surface area (Å²) in [5, 5.41) is 12.2. The molecule has 0 fully saturated rings. The summed E-state index contributed by atoms with van der Waals surface area (Å²) in [4.78, 5) is 10.4. The van der Waals surface area contributed by atoms with Crippen molar-refractivity contribution in [1.82, 2.24) is 0 Å². The number of hydrogen-bond acceptors (Lipinski definition) is 2. The summed E-state index contributed by atoms with van der Waals surface area (Å²) in [6.07, 6.45) is 15.3. The molecule has 18 heavy (non-hydrogen) atoms. The SMILES string of the molecule is C[Si](C)(C)/C1=C/C=C\C=C/C=C(/[N+](=O)[O-])C=CC1. The molecule has 0 saturated carbocycles. The molecular weight excluding hydrogens is 242 g/mol. The molecule has 0 bridgehead atoms. The second-order valence-electron chi connectivity index (χ2n) is 5.17. The van der Waals surface area contributed by atoms with Crippen LogP contribution in [0, 0.1) is 10.1 Å². The average Bonchev–Trinajstić information content (AvgIpc) is 2.30. The van der Waals surface area contributed by atoms with Gasteiger partial charge in [-0.1, -0.05) is 61.3 Å². The Morgan fingerprint density at radius 3 is 2.28 bits per heavy atom. The van der Waals surface area contributed by atoms with Crippen molar-refractivity contribution in [2.75, 3.05) is 0 Å². The fourth-order valence-electron chi connectivity index (χ4n) is 1.56. The number of nitro groups is 1. The van der Waals surface area contributed by atoms with Crippen LogP contribution in [0.1, 0.15) is 6.42 Å². The molecule has 0 aliphatic heterocycles. The van der Waals surface area contributed by atoms with Crippen LogP contribution in [-0.2, 0) is 0 Å². The van der Waals surface area contributed by atoms with Crippen LogP contribution in [0.3, 0.4) is 0 Å². The van der Waals surface area contributed by atoms with E-state index in [0.717, 1.165) is 6.42 Å². The molecule has 0 aromatic heterocycles. The standard InChI is InChI=1S/C14H19NO2Si/c1-18(2,3)14-11-7-5-4-6-9-13(15(16)17)10-8-12-14/h4-11H,12H2,1-3H3/b6-4-,7-5-,10-8?,13-9+,14-11+. The molecule has 1 aliphatic rings. The first-order valence-corrected chi connectivity index (χ1v) is 9.47. The molecule has 0 unspecified atom stereocenters. The summed E-state index contributed by atoms with van der Waals surface area (Å²) in [6.45, 7) is 6.83. The van der Waals surface area contributed by atoms with Gasteiger partial charge in [0.25, 0.3) is 5.70 Å². The van der Waals surface area contributed by atoms with E-state index in [1.54, 1.807) is 18.2 Å². The van der Waals surface area contributed by atoms with Gasteiger partial charge >= 0.3 is 0 Å². The van der Waals surface area contributed by atoms with Gasteiger partial charge in [-0.3, -0.25) is 10.1 Å². The summed E-state index contributed by atoms with van der Waals surface area (Å²) in [7, 11) is -1.37. The van der Waals surface area contributed by atoms with Gasteiger partial charge in [-0.25, -0.2) is 0 Å². The van der Waals surface area contributed by atoms with E-state index in [-0.39, 0.29) is 10.6 Å². The van der Waals surface area contributed by atoms with Gasteiger partial charge in [-0.15, -0.1) is 0 Å². The summed E-state index contributed by atoms with van der Waals surface area (Å²) in [6, 6.07) is 0. The average molecular weight is 261 g/mol. The fourth-order valence-corrected chi connectivity index (χ4v) is 2.89. The zero-order valence-corrected chi connectivity index (χ0v) is 12.1. The minimum absolute atomic E-state index is 0.122. The molecule has 0 saturated heterocycles. The molecule has 4 heteroatoms. The van der Waals surface area contributed by atoms with Gasteiger partial charge in [0, 0.05) is 12.2 Å². The number of rotatable bonds is 2. The predicted octanol–water partition coefficient (Wildman–Crippen LogP) is 4.02. The van der Waals surface area contributed by atoms with E-state index in [1.165, 1.54) is 11.3 Å². The van der Waals surface area contributed by atoms with Gasteiger partial charge in [0.15, 0.2) is 0 Å². The van der Waals surface area contributed by atoms with Crippen LogP contribution < -0.4 is 0 Å². The van der Waals surface area contributed by atoms with E-state index in [1.807, 2.05) is 18.2 Å². The normalized spacial score (nSPS) is 26.2. The van der Waals surface area contributed by atoms with Crippen LogP contribution in [0.15, 0.2) is 59.5 Å². The first kappa shape index (κ1) is 14.4. The Bertz CT molecular complexity index is 463. The first-order chi connectivity index (χ1) is 8.41. The maximum Gasteiger partial charge on any atom is 0.269 e. The maximum atomic E-state index is 10.8. The Morgan fingerprint density at radius 1 is 1.11 bits per heavy atom. The molecule has 0 N–H and O–H groups in total. The van der Waals surface area contributed by atoms with Gasteiger partial charge in [0.1, 0.15) is 0 Å². The molecule has 3 nitrogen and oxygen atoms in total. The van der Waals surface area contributed by atoms with Gasteiger partial charge in [-0.2, -0.15) is 0 Å². The molecule has 0 atom stereocenters. The summed E-state index contributed by atoms with van der Waals surface area (Å²) < 4.78 is 0. The Hall–Kier alpha value is -1.68. The third-order valence-electron chi connectivity index (χ3n) is 2.70. The lowest BCUT2D eigenvalue weighted by atomic mass is 10.3. The van der Waals surface area contributed by atoms with Crippen molar-refractivity contribution in [3.05, 3.63) is 69.6 Å². The van der Waals surface area contributed by atoms with Gasteiger partial charge in [0.2, 0.25) is 0 Å². The molecule has 96 valence electrons. The van der Waals surface area contributed by atoms with Crippen LogP contribution in [-0.4, -0.2) is 13.0 Å². The largest absolute Gasteiger partial charge is 0.269 e. The third kappa shape index (κ3) is 4.67. The lowest BCUT2D eigenvalue weighted by Crippen LogP contribution is -2.23. The predicted molar refractivity (Wildman–Crippen MR) is 78.5 cm³/mol. The zero-order chi connectivity index (χ0) is 13.6. The first-order valence-electron chi connectivity index (χ1n) is 5.97. The highest BCUT2D eigenvalue weighted by molar-refractivity contribution is 6.83. The van der Waals surface area contributed by atoms with Crippen molar-refractivity contribution >= 4 is 8.07 Å². The summed E-state index contributed by atoms with van der Waals surface area (Å²) >= 11 is 0. The highest BCUT2D eigenvalue weighted by Crippen LogP contribution is 2.19. The van der Waals surface area contributed by atoms with Crippen molar-refractivity contribution in [3.8, 4) is 0 Å². The summed E-state index contributed by atoms with van der Waals surface area (Å²) in [5.41, 5.74) is 0.122. The maximum absolute atomic E-state index is 10.8. The number of nitrogens with zero attached hydrogens (tertiary/aromatic N) is 1. The minimum atomic E-state index is -1.37. The van der Waals surface area contributed by atoms with Crippen molar-refractivity contribution in [1.29, 1.82) is 0 Å². The Balaban J connectivity index is 3.05. The van der Waals surface area contributed by atoms with Gasteiger partial charge < -0.3 is 0 Å². The lowest BCUT2D eigenvalue weighted by molar-refractivity contribution is -0.419. The van der Waals surface area contributed by atoms with E-state index in [0.29, 0.717) is 0 Å². The van der Waals surface area contributed by atoms with Crippen molar-refractivity contribution < 1.29 is 4.92 Å². The van der Waals surface area contributed by atoms with E-state index >= 15 is 0 Å². The molecule has 1 rings (SSSR count). The highest BCUT2D eigenvalue weighted by Gasteiger charge is 2.17. The molecule has 0 spiro atoms. The van der Waals surface area contributed by atoms with E-state index < -0.39 is 8.07 Å². The van der Waals surface area contributed by atoms with Crippen molar-refractivity contribution in [3.63, 3.8) is 0 Å². The van der Waals surface area contributed by atoms with Crippen LogP contribution in [0.5, 0.6) is 0 Å². The molecule has 0 aromatic carbocycles. The monoisotopic (exact) mass is 261 g/mol. The second kappa shape index (κ2) is 6.30. The third-order valence-corrected chi connectivity index (χ3v) is 5.00. The second-order valence-corrected chi connectivity index (χ2v) is 10.3. The fraction of sp³-hybridized carbons (Fsp3) is 0.286. The number of allylic oxidation sites excluding steroid dienone is 9. The Morgan fingerprint density at radius 2 is 1.72 bits per heavy atom. The van der Waals surface area contributed by atoms with Crippen molar-refractivity contribution in [2.45, 2.75) is 26.1 Å². The molecule has 0 aromatic rings. The zero-order valence-electron chi connectivity index (χ0n) is 11.1. The molecule has 1 aliphatic carbocycles. The Labute approximate surface area is 109 Å². The van der Waals surface area contributed by atoms with Gasteiger partial charge in [-0.05, 0) is 6.42 Å².